The first kappa shape index (κ1) is 18.7. The molecule has 1 aliphatic carbocycles. The van der Waals surface area contributed by atoms with E-state index in [4.69, 9.17) is 4.74 Å². The fourth-order valence-corrected chi connectivity index (χ4v) is 3.92. The molecule has 5 nitrogen and oxygen atoms in total. The van der Waals surface area contributed by atoms with E-state index in [9.17, 15) is 9.90 Å². The van der Waals surface area contributed by atoms with Gasteiger partial charge in [0.2, 0.25) is 0 Å². The number of aliphatic hydroxyl groups is 1. The molecule has 1 saturated carbocycles. The highest BCUT2D eigenvalue weighted by Crippen LogP contribution is 2.24. The molecular formula is C19H25IN2O3. The molecule has 0 aliphatic heterocycles. The monoisotopic (exact) mass is 456 g/mol. The summed E-state index contributed by atoms with van der Waals surface area (Å²) in [7, 11) is 0. The van der Waals surface area contributed by atoms with Gasteiger partial charge in [-0.2, -0.15) is 0 Å². The molecule has 0 spiro atoms. The molecule has 0 bridgehead atoms. The Hall–Kier alpha value is -1.12. The third-order valence-corrected chi connectivity index (χ3v) is 5.17. The number of aromatic amines is 1. The highest BCUT2D eigenvalue weighted by atomic mass is 127. The van der Waals surface area contributed by atoms with Crippen molar-refractivity contribution in [3.8, 4) is 0 Å². The number of amides is 1. The van der Waals surface area contributed by atoms with Crippen LogP contribution in [-0.2, 0) is 4.74 Å². The van der Waals surface area contributed by atoms with Crippen LogP contribution >= 0.6 is 22.6 Å². The van der Waals surface area contributed by atoms with Gasteiger partial charge in [-0.25, -0.2) is 0 Å². The first-order valence-electron chi connectivity index (χ1n) is 8.73. The van der Waals surface area contributed by atoms with Crippen molar-refractivity contribution in [1.82, 2.24) is 10.3 Å². The number of nitrogens with one attached hydrogen (secondary N) is 2. The molecule has 0 atom stereocenters. The van der Waals surface area contributed by atoms with Crippen molar-refractivity contribution in [3.05, 3.63) is 33.5 Å². The third-order valence-electron chi connectivity index (χ3n) is 4.55. The highest BCUT2D eigenvalue weighted by molar-refractivity contribution is 14.1. The summed E-state index contributed by atoms with van der Waals surface area (Å²) in [5.41, 5.74) is 0.795. The second-order valence-corrected chi connectivity index (χ2v) is 8.71. The van der Waals surface area contributed by atoms with E-state index in [0.717, 1.165) is 40.2 Å². The van der Waals surface area contributed by atoms with Gasteiger partial charge in [0.25, 0.3) is 5.91 Å². The topological polar surface area (TPSA) is 74.3 Å². The normalized spacial score (nSPS) is 21.4. The number of H-pyrrole nitrogens is 1. The number of aromatic nitrogens is 1. The molecule has 1 aromatic carbocycles. The quantitative estimate of drug-likeness (QED) is 0.602. The molecule has 1 fully saturated rings. The van der Waals surface area contributed by atoms with Gasteiger partial charge in [0.05, 0.1) is 29.4 Å². The largest absolute Gasteiger partial charge is 0.388 e. The molecular weight excluding hydrogens is 431 g/mol. The van der Waals surface area contributed by atoms with E-state index < -0.39 is 5.60 Å². The van der Waals surface area contributed by atoms with Gasteiger partial charge in [-0.3, -0.25) is 4.79 Å². The molecule has 25 heavy (non-hydrogen) atoms. The molecule has 1 aromatic heterocycles. The van der Waals surface area contributed by atoms with E-state index in [-0.39, 0.29) is 18.1 Å². The number of benzene rings is 1. The lowest BCUT2D eigenvalue weighted by molar-refractivity contribution is -0.0640. The molecule has 2 aromatic rings. The van der Waals surface area contributed by atoms with Crippen molar-refractivity contribution < 1.29 is 14.6 Å². The van der Waals surface area contributed by atoms with Crippen molar-refractivity contribution in [2.75, 3.05) is 6.61 Å². The summed E-state index contributed by atoms with van der Waals surface area (Å²) in [6.45, 7) is 3.85. The lowest BCUT2D eigenvalue weighted by atomic mass is 9.92. The van der Waals surface area contributed by atoms with Gasteiger partial charge < -0.3 is 20.1 Å². The number of carbonyl (C=O) groups is 1. The van der Waals surface area contributed by atoms with Gasteiger partial charge in [0.15, 0.2) is 0 Å². The van der Waals surface area contributed by atoms with E-state index in [0.29, 0.717) is 12.2 Å². The minimum absolute atomic E-state index is 0.0215. The SMILES string of the molecule is CC(C)(O)COC1CCC(NC(=O)c2cc(I)cc3cc[nH]c23)CC1. The van der Waals surface area contributed by atoms with E-state index in [1.807, 2.05) is 18.3 Å². The summed E-state index contributed by atoms with van der Waals surface area (Å²) in [5, 5.41) is 14.0. The molecule has 0 radical (unpaired) electrons. The zero-order chi connectivity index (χ0) is 18.0. The zero-order valence-electron chi connectivity index (χ0n) is 14.6. The second-order valence-electron chi connectivity index (χ2n) is 7.47. The Morgan fingerprint density at radius 1 is 1.36 bits per heavy atom. The lowest BCUT2D eigenvalue weighted by Gasteiger charge is -2.30. The predicted molar refractivity (Wildman–Crippen MR) is 107 cm³/mol. The smallest absolute Gasteiger partial charge is 0.253 e. The van der Waals surface area contributed by atoms with Crippen LogP contribution < -0.4 is 5.32 Å². The van der Waals surface area contributed by atoms with Gasteiger partial charge in [0, 0.05) is 21.2 Å². The van der Waals surface area contributed by atoms with Gasteiger partial charge >= 0.3 is 0 Å². The Bertz CT molecular complexity index is 743. The van der Waals surface area contributed by atoms with Crippen molar-refractivity contribution in [1.29, 1.82) is 0 Å². The number of rotatable bonds is 5. The average molecular weight is 456 g/mol. The standard InChI is InChI=1S/C19H25IN2O3/c1-19(2,24)11-25-15-5-3-14(4-6-15)22-18(23)16-10-13(20)9-12-7-8-21-17(12)16/h7-10,14-15,21,24H,3-6,11H2,1-2H3,(H,22,23). The third kappa shape index (κ3) is 4.95. The first-order valence-corrected chi connectivity index (χ1v) is 9.81. The van der Waals surface area contributed by atoms with Crippen LogP contribution in [0.2, 0.25) is 0 Å². The van der Waals surface area contributed by atoms with Crippen LogP contribution in [0.3, 0.4) is 0 Å². The van der Waals surface area contributed by atoms with Crippen LogP contribution in [-0.4, -0.2) is 40.4 Å². The maximum Gasteiger partial charge on any atom is 0.253 e. The summed E-state index contributed by atoms with van der Waals surface area (Å²) in [6, 6.07) is 6.15. The Kier molecular flexibility index (Phi) is 5.70. The van der Waals surface area contributed by atoms with Crippen LogP contribution in [0.15, 0.2) is 24.4 Å². The maximum atomic E-state index is 12.7. The Morgan fingerprint density at radius 2 is 2.08 bits per heavy atom. The van der Waals surface area contributed by atoms with Crippen molar-refractivity contribution in [2.24, 2.45) is 0 Å². The van der Waals surface area contributed by atoms with Crippen LogP contribution in [0.25, 0.3) is 10.9 Å². The van der Waals surface area contributed by atoms with Gasteiger partial charge in [-0.15, -0.1) is 0 Å². The maximum absolute atomic E-state index is 12.7. The van der Waals surface area contributed by atoms with Crippen molar-refractivity contribution >= 4 is 39.4 Å². The van der Waals surface area contributed by atoms with Gasteiger partial charge in [-0.1, -0.05) is 0 Å². The number of fused-ring (bicyclic) bond motifs is 1. The molecule has 0 saturated heterocycles. The fraction of sp³-hybridized carbons (Fsp3) is 0.526. The molecule has 1 amide bonds. The minimum atomic E-state index is -0.795. The van der Waals surface area contributed by atoms with Crippen LogP contribution in [0.5, 0.6) is 0 Å². The summed E-state index contributed by atoms with van der Waals surface area (Å²) in [5.74, 6) is -0.0215. The van der Waals surface area contributed by atoms with E-state index in [1.54, 1.807) is 13.8 Å². The molecule has 3 N–H and O–H groups in total. The first-order chi connectivity index (χ1) is 11.8. The lowest BCUT2D eigenvalue weighted by Crippen LogP contribution is -2.40. The summed E-state index contributed by atoms with van der Waals surface area (Å²) in [6.07, 6.45) is 5.66. The number of ether oxygens (including phenoxy) is 1. The van der Waals surface area contributed by atoms with Gasteiger partial charge in [-0.05, 0) is 80.3 Å². The number of hydrogen-bond donors (Lipinski definition) is 3. The molecule has 0 unspecified atom stereocenters. The summed E-state index contributed by atoms with van der Waals surface area (Å²) >= 11 is 2.24. The van der Waals surface area contributed by atoms with Gasteiger partial charge in [0.1, 0.15) is 0 Å². The number of hydrogen-bond acceptors (Lipinski definition) is 3. The van der Waals surface area contributed by atoms with Crippen LogP contribution in [0, 0.1) is 3.57 Å². The molecule has 136 valence electrons. The second kappa shape index (κ2) is 7.63. The number of carbonyl (C=O) groups excluding carboxylic acids is 1. The predicted octanol–water partition coefficient (Wildman–Crippen LogP) is 3.60. The molecule has 1 aliphatic rings. The molecule has 6 heteroatoms. The molecule has 3 rings (SSSR count). The zero-order valence-corrected chi connectivity index (χ0v) is 16.8. The van der Waals surface area contributed by atoms with Crippen LogP contribution in [0.1, 0.15) is 49.9 Å². The Morgan fingerprint density at radius 3 is 2.76 bits per heavy atom. The van der Waals surface area contributed by atoms with Crippen LogP contribution in [0.4, 0.5) is 0 Å². The van der Waals surface area contributed by atoms with E-state index in [2.05, 4.69) is 39.0 Å². The Labute approximate surface area is 161 Å². The minimum Gasteiger partial charge on any atom is -0.388 e. The van der Waals surface area contributed by atoms with E-state index in [1.165, 1.54) is 0 Å². The number of halogens is 1. The Balaban J connectivity index is 1.57. The van der Waals surface area contributed by atoms with E-state index >= 15 is 0 Å². The highest BCUT2D eigenvalue weighted by Gasteiger charge is 2.25. The van der Waals surface area contributed by atoms with Crippen molar-refractivity contribution in [2.45, 2.75) is 57.3 Å². The fourth-order valence-electron chi connectivity index (χ4n) is 3.27. The summed E-state index contributed by atoms with van der Waals surface area (Å²) < 4.78 is 6.83. The average Bonchev–Trinajstić information content (AvgIpc) is 3.00. The molecule has 1 heterocycles. The van der Waals surface area contributed by atoms with Crippen molar-refractivity contribution in [3.63, 3.8) is 0 Å². The summed E-state index contributed by atoms with van der Waals surface area (Å²) in [4.78, 5) is 15.9.